The molecule has 6 heteroatoms. The highest BCUT2D eigenvalue weighted by atomic mass is 16.5. The lowest BCUT2D eigenvalue weighted by Crippen LogP contribution is -1.96. The maximum Gasteiger partial charge on any atom is 0.335 e. The van der Waals surface area contributed by atoms with E-state index in [1.54, 1.807) is 25.5 Å². The number of benzene rings is 2. The van der Waals surface area contributed by atoms with E-state index in [0.717, 1.165) is 28.4 Å². The quantitative estimate of drug-likeness (QED) is 0.522. The van der Waals surface area contributed by atoms with Gasteiger partial charge in [-0.2, -0.15) is 5.10 Å². The van der Waals surface area contributed by atoms with Crippen LogP contribution in [0.2, 0.25) is 0 Å². The highest BCUT2D eigenvalue weighted by Gasteiger charge is 2.04. The number of rotatable bonds is 6. The Hall–Kier alpha value is -3.54. The number of aromatic nitrogens is 1. The van der Waals surface area contributed by atoms with Crippen LogP contribution in [0.1, 0.15) is 21.6 Å². The average Bonchev–Trinajstić information content (AvgIpc) is 3.03. The summed E-state index contributed by atoms with van der Waals surface area (Å²) in [5, 5.41) is 13.1. The normalized spacial score (nSPS) is 10.8. The van der Waals surface area contributed by atoms with Crippen LogP contribution >= 0.6 is 0 Å². The highest BCUT2D eigenvalue weighted by molar-refractivity contribution is 5.88. The Bertz CT molecular complexity index is 926. The molecule has 26 heavy (non-hydrogen) atoms. The van der Waals surface area contributed by atoms with E-state index in [4.69, 9.17) is 9.84 Å². The molecule has 6 nitrogen and oxygen atoms in total. The minimum atomic E-state index is -0.949. The van der Waals surface area contributed by atoms with Crippen LogP contribution in [0.3, 0.4) is 0 Å². The van der Waals surface area contributed by atoms with Crippen LogP contribution in [0.25, 0.3) is 5.69 Å². The van der Waals surface area contributed by atoms with Crippen molar-refractivity contribution < 1.29 is 14.6 Å². The number of carbonyl (C=O) groups is 1. The molecule has 0 spiro atoms. The standard InChI is InChI=1S/C20H19N3O3/c1-14-11-15(13-23(14)18-7-9-19(26-2)10-8-18)12-21-22-17-5-3-16(4-6-17)20(24)25/h3-13,22H,1-2H3,(H,24,25)/b21-12+. The van der Waals surface area contributed by atoms with E-state index in [0.29, 0.717) is 0 Å². The predicted octanol–water partition coefficient (Wildman–Crippen LogP) is 3.94. The molecule has 0 unspecified atom stereocenters. The molecule has 0 fully saturated rings. The van der Waals surface area contributed by atoms with E-state index in [1.807, 2.05) is 43.5 Å². The van der Waals surface area contributed by atoms with Crippen molar-refractivity contribution in [3.05, 3.63) is 77.6 Å². The molecule has 3 rings (SSSR count). The van der Waals surface area contributed by atoms with Crippen LogP contribution in [0.4, 0.5) is 5.69 Å². The zero-order valence-electron chi connectivity index (χ0n) is 14.5. The van der Waals surface area contributed by atoms with Crippen molar-refractivity contribution >= 4 is 17.9 Å². The zero-order chi connectivity index (χ0) is 18.5. The summed E-state index contributed by atoms with van der Waals surface area (Å²) in [7, 11) is 1.65. The molecule has 0 bridgehead atoms. The molecule has 132 valence electrons. The van der Waals surface area contributed by atoms with Gasteiger partial charge in [-0.1, -0.05) is 0 Å². The number of carboxylic acids is 1. The topological polar surface area (TPSA) is 75.8 Å². The van der Waals surface area contributed by atoms with Gasteiger partial charge in [0.25, 0.3) is 0 Å². The fraction of sp³-hybridized carbons (Fsp3) is 0.100. The second-order valence-electron chi connectivity index (χ2n) is 5.74. The highest BCUT2D eigenvalue weighted by Crippen LogP contribution is 2.18. The Morgan fingerprint density at radius 1 is 1.15 bits per heavy atom. The van der Waals surface area contributed by atoms with Gasteiger partial charge in [0.15, 0.2) is 0 Å². The molecule has 0 saturated heterocycles. The van der Waals surface area contributed by atoms with Crippen LogP contribution in [-0.4, -0.2) is 29.0 Å². The first kappa shape index (κ1) is 17.3. The number of nitrogens with zero attached hydrogens (tertiary/aromatic N) is 2. The molecular formula is C20H19N3O3. The van der Waals surface area contributed by atoms with Crippen molar-refractivity contribution in [3.63, 3.8) is 0 Å². The van der Waals surface area contributed by atoms with Crippen molar-refractivity contribution in [3.8, 4) is 11.4 Å². The number of methoxy groups -OCH3 is 1. The lowest BCUT2D eigenvalue weighted by atomic mass is 10.2. The molecule has 0 aliphatic rings. The van der Waals surface area contributed by atoms with Crippen molar-refractivity contribution in [2.24, 2.45) is 5.10 Å². The Morgan fingerprint density at radius 3 is 2.46 bits per heavy atom. The van der Waals surface area contributed by atoms with Crippen molar-refractivity contribution in [2.75, 3.05) is 12.5 Å². The molecule has 0 aliphatic carbocycles. The van der Waals surface area contributed by atoms with E-state index in [2.05, 4.69) is 15.1 Å². The maximum atomic E-state index is 10.8. The number of anilines is 1. The van der Waals surface area contributed by atoms with Crippen LogP contribution in [-0.2, 0) is 0 Å². The lowest BCUT2D eigenvalue weighted by Gasteiger charge is -2.06. The van der Waals surface area contributed by atoms with Crippen LogP contribution in [0, 0.1) is 6.92 Å². The molecule has 2 N–H and O–H groups in total. The van der Waals surface area contributed by atoms with E-state index in [1.165, 1.54) is 12.1 Å². The van der Waals surface area contributed by atoms with Gasteiger partial charge >= 0.3 is 5.97 Å². The van der Waals surface area contributed by atoms with E-state index >= 15 is 0 Å². The fourth-order valence-corrected chi connectivity index (χ4v) is 2.56. The maximum absolute atomic E-state index is 10.8. The number of aryl methyl sites for hydroxylation is 1. The Balaban J connectivity index is 1.70. The van der Waals surface area contributed by atoms with Gasteiger partial charge in [-0.25, -0.2) is 4.79 Å². The second kappa shape index (κ2) is 7.57. The van der Waals surface area contributed by atoms with Crippen molar-refractivity contribution in [2.45, 2.75) is 6.92 Å². The first-order chi connectivity index (χ1) is 12.6. The van der Waals surface area contributed by atoms with Crippen LogP contribution in [0.5, 0.6) is 5.75 Å². The first-order valence-corrected chi connectivity index (χ1v) is 8.02. The van der Waals surface area contributed by atoms with E-state index in [9.17, 15) is 4.79 Å². The van der Waals surface area contributed by atoms with Gasteiger partial charge in [0, 0.05) is 23.1 Å². The fourth-order valence-electron chi connectivity index (χ4n) is 2.56. The van der Waals surface area contributed by atoms with Gasteiger partial charge in [-0.3, -0.25) is 5.43 Å². The summed E-state index contributed by atoms with van der Waals surface area (Å²) in [6.45, 7) is 2.03. The number of nitrogens with one attached hydrogen (secondary N) is 1. The number of carboxylic acid groups (broad SMARTS) is 1. The SMILES string of the molecule is COc1ccc(-n2cc(/C=N/Nc3ccc(C(=O)O)cc3)cc2C)cc1. The third-order valence-corrected chi connectivity index (χ3v) is 3.92. The van der Waals surface area contributed by atoms with Crippen molar-refractivity contribution in [1.82, 2.24) is 4.57 Å². The minimum absolute atomic E-state index is 0.242. The second-order valence-corrected chi connectivity index (χ2v) is 5.74. The number of aromatic carboxylic acids is 1. The van der Waals surface area contributed by atoms with Gasteiger partial charge in [0.05, 0.1) is 24.6 Å². The Morgan fingerprint density at radius 2 is 1.85 bits per heavy atom. The monoisotopic (exact) mass is 349 g/mol. The lowest BCUT2D eigenvalue weighted by molar-refractivity contribution is 0.0697. The number of hydrogen-bond acceptors (Lipinski definition) is 4. The van der Waals surface area contributed by atoms with Crippen LogP contribution in [0.15, 0.2) is 65.9 Å². The number of ether oxygens (including phenoxy) is 1. The summed E-state index contributed by atoms with van der Waals surface area (Å²) in [4.78, 5) is 10.8. The van der Waals surface area contributed by atoms with Gasteiger partial charge in [-0.05, 0) is 61.5 Å². The molecular weight excluding hydrogens is 330 g/mol. The number of hydrazone groups is 1. The molecule has 2 aromatic carbocycles. The third-order valence-electron chi connectivity index (χ3n) is 3.92. The summed E-state index contributed by atoms with van der Waals surface area (Å²) >= 11 is 0. The third kappa shape index (κ3) is 3.92. The summed E-state index contributed by atoms with van der Waals surface area (Å²) in [5.41, 5.74) is 6.94. The summed E-state index contributed by atoms with van der Waals surface area (Å²) in [6.07, 6.45) is 3.72. The number of hydrogen-bond donors (Lipinski definition) is 2. The van der Waals surface area contributed by atoms with Crippen LogP contribution < -0.4 is 10.2 Å². The van der Waals surface area contributed by atoms with Gasteiger partial charge in [0.1, 0.15) is 5.75 Å². The van der Waals surface area contributed by atoms with Crippen molar-refractivity contribution in [1.29, 1.82) is 0 Å². The largest absolute Gasteiger partial charge is 0.497 e. The van der Waals surface area contributed by atoms with E-state index < -0.39 is 5.97 Å². The molecule has 0 amide bonds. The molecule has 0 saturated carbocycles. The first-order valence-electron chi connectivity index (χ1n) is 8.02. The Labute approximate surface area is 151 Å². The van der Waals surface area contributed by atoms with Gasteiger partial charge in [-0.15, -0.1) is 0 Å². The molecule has 1 heterocycles. The Kier molecular flexibility index (Phi) is 5.03. The predicted molar refractivity (Wildman–Crippen MR) is 102 cm³/mol. The molecule has 0 radical (unpaired) electrons. The smallest absolute Gasteiger partial charge is 0.335 e. The van der Waals surface area contributed by atoms with Gasteiger partial charge < -0.3 is 14.4 Å². The zero-order valence-corrected chi connectivity index (χ0v) is 14.5. The van der Waals surface area contributed by atoms with E-state index in [-0.39, 0.29) is 5.56 Å². The summed E-state index contributed by atoms with van der Waals surface area (Å²) < 4.78 is 7.26. The molecule has 0 atom stereocenters. The molecule has 0 aliphatic heterocycles. The summed E-state index contributed by atoms with van der Waals surface area (Å²) in [6, 6.07) is 16.3. The minimum Gasteiger partial charge on any atom is -0.497 e. The molecule has 1 aromatic heterocycles. The van der Waals surface area contributed by atoms with Gasteiger partial charge in [0.2, 0.25) is 0 Å². The summed E-state index contributed by atoms with van der Waals surface area (Å²) in [5.74, 6) is -0.131. The average molecular weight is 349 g/mol. The molecule has 3 aromatic rings.